The number of pyridine rings is 1. The van der Waals surface area contributed by atoms with Crippen LogP contribution in [0.3, 0.4) is 0 Å². The van der Waals surface area contributed by atoms with E-state index in [1.165, 1.54) is 11.7 Å². The Bertz CT molecular complexity index is 1700. The molecule has 0 atom stereocenters. The Hall–Kier alpha value is -4.56. The van der Waals surface area contributed by atoms with Crippen molar-refractivity contribution in [1.82, 2.24) is 25.6 Å². The van der Waals surface area contributed by atoms with E-state index >= 15 is 0 Å². The molecule has 5 aromatic rings. The summed E-state index contributed by atoms with van der Waals surface area (Å²) in [7, 11) is 1.53. The maximum atomic E-state index is 13.1. The topological polar surface area (TPSA) is 106 Å². The van der Waals surface area contributed by atoms with E-state index in [-0.39, 0.29) is 12.0 Å². The van der Waals surface area contributed by atoms with E-state index in [2.05, 4.69) is 20.9 Å². The molecule has 5 rings (SSSR count). The molecule has 8 nitrogen and oxygen atoms in total. The van der Waals surface area contributed by atoms with Gasteiger partial charge in [0, 0.05) is 28.4 Å². The lowest BCUT2D eigenvalue weighted by Gasteiger charge is -2.12. The first kappa shape index (κ1) is 23.2. The average Bonchev–Trinajstić information content (AvgIpc) is 2.90. The van der Waals surface area contributed by atoms with Crippen molar-refractivity contribution in [3.63, 3.8) is 0 Å². The van der Waals surface area contributed by atoms with Crippen LogP contribution >= 0.6 is 11.6 Å². The SMILES string of the molecule is Cn1nc(CC(=O)NNC(=O)c2cc(-c3ccc(Cl)cc3)nc3ccccc23)c2ccccc2c1=O. The van der Waals surface area contributed by atoms with E-state index in [0.29, 0.717) is 43.6 Å². The molecule has 0 aliphatic heterocycles. The second-order valence-corrected chi connectivity index (χ2v) is 8.62. The minimum absolute atomic E-state index is 0.123. The van der Waals surface area contributed by atoms with Gasteiger partial charge < -0.3 is 0 Å². The van der Waals surface area contributed by atoms with Gasteiger partial charge in [0.1, 0.15) is 0 Å². The number of nitrogens with zero attached hydrogens (tertiary/aromatic N) is 3. The van der Waals surface area contributed by atoms with Gasteiger partial charge in [0.15, 0.2) is 0 Å². The van der Waals surface area contributed by atoms with E-state index in [0.717, 1.165) is 5.56 Å². The van der Waals surface area contributed by atoms with Gasteiger partial charge in [0.05, 0.1) is 34.3 Å². The summed E-state index contributed by atoms with van der Waals surface area (Å²) in [4.78, 5) is 42.8. The van der Waals surface area contributed by atoms with Gasteiger partial charge in [-0.25, -0.2) is 9.67 Å². The molecule has 2 amide bonds. The Morgan fingerprint density at radius 1 is 0.889 bits per heavy atom. The molecule has 0 unspecified atom stereocenters. The number of hydrazine groups is 1. The van der Waals surface area contributed by atoms with E-state index in [4.69, 9.17) is 11.6 Å². The van der Waals surface area contributed by atoms with E-state index in [1.807, 2.05) is 30.3 Å². The molecular formula is C27H20ClN5O3. The predicted molar refractivity (Wildman–Crippen MR) is 138 cm³/mol. The van der Waals surface area contributed by atoms with Crippen LogP contribution in [-0.4, -0.2) is 26.6 Å². The first-order valence-electron chi connectivity index (χ1n) is 11.1. The van der Waals surface area contributed by atoms with E-state index in [9.17, 15) is 14.4 Å². The number of aromatic nitrogens is 3. The third-order valence-corrected chi connectivity index (χ3v) is 6.03. The normalized spacial score (nSPS) is 10.9. The molecule has 2 N–H and O–H groups in total. The molecule has 0 aliphatic carbocycles. The third kappa shape index (κ3) is 4.54. The quantitative estimate of drug-likeness (QED) is 0.367. The molecule has 2 aromatic heterocycles. The van der Waals surface area contributed by atoms with Crippen molar-refractivity contribution >= 4 is 45.1 Å². The Morgan fingerprint density at radius 2 is 1.56 bits per heavy atom. The second-order valence-electron chi connectivity index (χ2n) is 8.18. The summed E-state index contributed by atoms with van der Waals surface area (Å²) in [5.74, 6) is -0.966. The van der Waals surface area contributed by atoms with Crippen LogP contribution in [-0.2, 0) is 18.3 Å². The zero-order chi connectivity index (χ0) is 25.2. The molecule has 2 heterocycles. The fraction of sp³-hybridized carbons (Fsp3) is 0.0741. The summed E-state index contributed by atoms with van der Waals surface area (Å²) >= 11 is 6.01. The van der Waals surface area contributed by atoms with Crippen molar-refractivity contribution in [2.75, 3.05) is 0 Å². The Morgan fingerprint density at radius 3 is 2.31 bits per heavy atom. The monoisotopic (exact) mass is 497 g/mol. The number of aryl methyl sites for hydroxylation is 1. The fourth-order valence-electron chi connectivity index (χ4n) is 4.03. The van der Waals surface area contributed by atoms with Crippen LogP contribution in [0.2, 0.25) is 5.02 Å². The van der Waals surface area contributed by atoms with E-state index in [1.54, 1.807) is 48.5 Å². The summed E-state index contributed by atoms with van der Waals surface area (Å²) in [6.45, 7) is 0. The van der Waals surface area contributed by atoms with Crippen LogP contribution in [0.4, 0.5) is 0 Å². The molecule has 0 saturated heterocycles. The zero-order valence-electron chi connectivity index (χ0n) is 19.2. The van der Waals surface area contributed by atoms with Gasteiger partial charge in [0.25, 0.3) is 11.5 Å². The molecule has 0 bridgehead atoms. The highest BCUT2D eigenvalue weighted by atomic mass is 35.5. The standard InChI is InChI=1S/C27H20ClN5O3/c1-33-27(36)20-8-3-2-6-18(20)24(32-33)15-25(34)30-31-26(35)21-14-23(16-10-12-17(28)13-11-16)29-22-9-5-4-7-19(21)22/h2-14H,15H2,1H3,(H,30,34)(H,31,35). The van der Waals surface area contributed by atoms with Gasteiger partial charge in [0.2, 0.25) is 5.91 Å². The molecule has 3 aromatic carbocycles. The number of halogens is 1. The molecule has 0 aliphatic rings. The maximum absolute atomic E-state index is 13.1. The Balaban J connectivity index is 1.39. The highest BCUT2D eigenvalue weighted by molar-refractivity contribution is 6.30. The smallest absolute Gasteiger partial charge is 0.273 e. The number of para-hydroxylation sites is 1. The Kier molecular flexibility index (Phi) is 6.18. The van der Waals surface area contributed by atoms with Crippen LogP contribution in [0.15, 0.2) is 83.7 Å². The van der Waals surface area contributed by atoms with E-state index < -0.39 is 11.8 Å². The number of hydrogen-bond donors (Lipinski definition) is 2. The third-order valence-electron chi connectivity index (χ3n) is 5.78. The predicted octanol–water partition coefficient (Wildman–Crippen LogP) is 3.81. The second kappa shape index (κ2) is 9.59. The molecule has 9 heteroatoms. The zero-order valence-corrected chi connectivity index (χ0v) is 19.9. The van der Waals surface area contributed by atoms with Crippen LogP contribution in [0, 0.1) is 0 Å². The maximum Gasteiger partial charge on any atom is 0.274 e. The first-order valence-corrected chi connectivity index (χ1v) is 11.5. The molecule has 0 fully saturated rings. The number of amides is 2. The summed E-state index contributed by atoms with van der Waals surface area (Å²) in [5, 5.41) is 6.54. The van der Waals surface area contributed by atoms with Crippen molar-refractivity contribution < 1.29 is 9.59 Å². The van der Waals surface area contributed by atoms with Gasteiger partial charge in [-0.2, -0.15) is 5.10 Å². The van der Waals surface area contributed by atoms with Crippen molar-refractivity contribution in [3.05, 3.63) is 105 Å². The fourth-order valence-corrected chi connectivity index (χ4v) is 4.15. The minimum atomic E-state index is -0.490. The van der Waals surface area contributed by atoms with Gasteiger partial charge in [-0.3, -0.25) is 25.2 Å². The Labute approximate surface area is 210 Å². The lowest BCUT2D eigenvalue weighted by molar-refractivity contribution is -0.121. The largest absolute Gasteiger partial charge is 0.274 e. The first-order chi connectivity index (χ1) is 17.4. The number of fused-ring (bicyclic) bond motifs is 2. The number of hydrogen-bond acceptors (Lipinski definition) is 5. The van der Waals surface area contributed by atoms with Crippen LogP contribution in [0.5, 0.6) is 0 Å². The number of benzene rings is 3. The lowest BCUT2D eigenvalue weighted by atomic mass is 10.0. The molecule has 36 heavy (non-hydrogen) atoms. The summed E-state index contributed by atoms with van der Waals surface area (Å²) in [6.07, 6.45) is -0.123. The van der Waals surface area contributed by atoms with Crippen LogP contribution in [0.1, 0.15) is 16.1 Å². The summed E-state index contributed by atoms with van der Waals surface area (Å²) < 4.78 is 1.20. The van der Waals surface area contributed by atoms with Crippen molar-refractivity contribution in [2.45, 2.75) is 6.42 Å². The number of nitrogens with one attached hydrogen (secondary N) is 2. The van der Waals surface area contributed by atoms with Gasteiger partial charge >= 0.3 is 0 Å². The van der Waals surface area contributed by atoms with Gasteiger partial charge in [-0.15, -0.1) is 0 Å². The van der Waals surface area contributed by atoms with Crippen LogP contribution < -0.4 is 16.4 Å². The highest BCUT2D eigenvalue weighted by Gasteiger charge is 2.16. The number of rotatable bonds is 4. The minimum Gasteiger partial charge on any atom is -0.273 e. The summed E-state index contributed by atoms with van der Waals surface area (Å²) in [5.41, 5.74) is 7.53. The van der Waals surface area contributed by atoms with Crippen molar-refractivity contribution in [2.24, 2.45) is 7.05 Å². The van der Waals surface area contributed by atoms with Gasteiger partial charge in [-0.1, -0.05) is 60.1 Å². The molecule has 0 saturated carbocycles. The number of carbonyl (C=O) groups excluding carboxylic acids is 2. The summed E-state index contributed by atoms with van der Waals surface area (Å²) in [6, 6.07) is 23.1. The highest BCUT2D eigenvalue weighted by Crippen LogP contribution is 2.26. The molecule has 0 spiro atoms. The van der Waals surface area contributed by atoms with Crippen molar-refractivity contribution in [3.8, 4) is 11.3 Å². The molecular weight excluding hydrogens is 478 g/mol. The van der Waals surface area contributed by atoms with Crippen LogP contribution in [0.25, 0.3) is 32.9 Å². The average molecular weight is 498 g/mol. The van der Waals surface area contributed by atoms with Gasteiger partial charge in [-0.05, 0) is 30.3 Å². The molecule has 178 valence electrons. The lowest BCUT2D eigenvalue weighted by Crippen LogP contribution is -2.42. The molecule has 0 radical (unpaired) electrons. The van der Waals surface area contributed by atoms with Crippen molar-refractivity contribution in [1.29, 1.82) is 0 Å². The number of carbonyl (C=O) groups is 2.